The van der Waals surface area contributed by atoms with Crippen LogP contribution in [0.4, 0.5) is 0 Å². The van der Waals surface area contributed by atoms with E-state index in [1.807, 2.05) is 24.3 Å². The summed E-state index contributed by atoms with van der Waals surface area (Å²) in [6.45, 7) is 2.58. The number of benzene rings is 2. The summed E-state index contributed by atoms with van der Waals surface area (Å²) >= 11 is 5.79. The molecule has 0 aliphatic heterocycles. The van der Waals surface area contributed by atoms with Crippen LogP contribution in [0.5, 0.6) is 0 Å². The van der Waals surface area contributed by atoms with E-state index in [1.165, 1.54) is 5.56 Å². The minimum absolute atomic E-state index is 0.453. The van der Waals surface area contributed by atoms with Crippen molar-refractivity contribution in [1.29, 1.82) is 0 Å². The number of rotatable bonds is 5. The minimum Gasteiger partial charge on any atom is -0.390 e. The largest absolute Gasteiger partial charge is 0.390 e. The molecule has 0 aromatic heterocycles. The summed E-state index contributed by atoms with van der Waals surface area (Å²) in [6.07, 6.45) is 3.84. The maximum Gasteiger partial charge on any atom is 0.142 e. The molecule has 19 heavy (non-hydrogen) atoms. The highest BCUT2D eigenvalue weighted by Crippen LogP contribution is 2.09. The Morgan fingerprint density at radius 2 is 1.84 bits per heavy atom. The van der Waals surface area contributed by atoms with Crippen LogP contribution in [-0.4, -0.2) is 6.21 Å². The molecule has 2 nitrogen and oxygen atoms in total. The first-order chi connectivity index (χ1) is 9.28. The van der Waals surface area contributed by atoms with E-state index in [2.05, 4.69) is 30.4 Å². The van der Waals surface area contributed by atoms with Gasteiger partial charge in [0.25, 0.3) is 0 Å². The van der Waals surface area contributed by atoms with E-state index in [-0.39, 0.29) is 0 Å². The third-order valence-electron chi connectivity index (χ3n) is 2.71. The molecular weight excluding hydrogens is 258 g/mol. The molecule has 0 heterocycles. The Bertz CT molecular complexity index is 549. The zero-order valence-electron chi connectivity index (χ0n) is 10.8. The Labute approximate surface area is 118 Å². The lowest BCUT2D eigenvalue weighted by Crippen LogP contribution is -1.90. The molecule has 2 aromatic rings. The van der Waals surface area contributed by atoms with Crippen LogP contribution in [0.25, 0.3) is 0 Å². The van der Waals surface area contributed by atoms with Gasteiger partial charge < -0.3 is 4.84 Å². The van der Waals surface area contributed by atoms with Gasteiger partial charge in [-0.25, -0.2) is 0 Å². The second kappa shape index (κ2) is 6.95. The van der Waals surface area contributed by atoms with Gasteiger partial charge in [-0.3, -0.25) is 0 Å². The quantitative estimate of drug-likeness (QED) is 0.586. The Balaban J connectivity index is 1.87. The first-order valence-electron chi connectivity index (χ1n) is 6.19. The standard InChI is InChI=1S/C16H15ClNO/c1-2-13-4-3-5-15(10-13)12-19-18-11-14-6-8-16(17)9-7-14/h3-10H,2,12H2,1H3. The van der Waals surface area contributed by atoms with Gasteiger partial charge in [0.1, 0.15) is 12.8 Å². The monoisotopic (exact) mass is 272 g/mol. The molecule has 0 saturated heterocycles. The second-order valence-electron chi connectivity index (χ2n) is 4.16. The summed E-state index contributed by atoms with van der Waals surface area (Å²) in [4.78, 5) is 5.23. The lowest BCUT2D eigenvalue weighted by Gasteiger charge is -2.02. The smallest absolute Gasteiger partial charge is 0.142 e. The van der Waals surface area contributed by atoms with Crippen molar-refractivity contribution in [2.24, 2.45) is 5.16 Å². The molecule has 2 rings (SSSR count). The molecule has 0 atom stereocenters. The number of nitrogens with zero attached hydrogens (tertiary/aromatic N) is 1. The number of hydrogen-bond acceptors (Lipinski definition) is 2. The maximum atomic E-state index is 5.79. The second-order valence-corrected chi connectivity index (χ2v) is 4.59. The van der Waals surface area contributed by atoms with E-state index in [4.69, 9.17) is 16.4 Å². The summed E-state index contributed by atoms with van der Waals surface area (Å²) in [6, 6.07) is 15.6. The van der Waals surface area contributed by atoms with Gasteiger partial charge in [-0.15, -0.1) is 0 Å². The van der Waals surface area contributed by atoms with Crippen molar-refractivity contribution in [2.75, 3.05) is 0 Å². The lowest BCUT2D eigenvalue weighted by molar-refractivity contribution is 0.132. The van der Waals surface area contributed by atoms with Gasteiger partial charge >= 0.3 is 0 Å². The van der Waals surface area contributed by atoms with Crippen molar-refractivity contribution in [2.45, 2.75) is 20.0 Å². The molecule has 3 heteroatoms. The Morgan fingerprint density at radius 3 is 2.58 bits per heavy atom. The Kier molecular flexibility index (Phi) is 4.99. The average Bonchev–Trinajstić information content (AvgIpc) is 2.46. The number of aryl methyl sites for hydroxylation is 1. The minimum atomic E-state index is 0.453. The average molecular weight is 273 g/mol. The Morgan fingerprint density at radius 1 is 1.11 bits per heavy atom. The third kappa shape index (κ3) is 4.42. The van der Waals surface area contributed by atoms with Crippen LogP contribution in [0.15, 0.2) is 53.7 Å². The van der Waals surface area contributed by atoms with E-state index in [0.717, 1.165) is 17.5 Å². The molecule has 2 aromatic carbocycles. The zero-order chi connectivity index (χ0) is 13.5. The van der Waals surface area contributed by atoms with Crippen LogP contribution < -0.4 is 0 Å². The van der Waals surface area contributed by atoms with Crippen LogP contribution in [-0.2, 0) is 17.9 Å². The number of hydrogen-bond donors (Lipinski definition) is 0. The molecule has 1 radical (unpaired) electrons. The predicted molar refractivity (Wildman–Crippen MR) is 78.6 cm³/mol. The lowest BCUT2D eigenvalue weighted by atomic mass is 10.1. The highest BCUT2D eigenvalue weighted by molar-refractivity contribution is 6.30. The maximum absolute atomic E-state index is 5.79. The molecule has 0 spiro atoms. The van der Waals surface area contributed by atoms with Crippen molar-refractivity contribution in [3.8, 4) is 0 Å². The fraction of sp³-hybridized carbons (Fsp3) is 0.188. The molecule has 97 valence electrons. The fourth-order valence-corrected chi connectivity index (χ4v) is 1.78. The van der Waals surface area contributed by atoms with Gasteiger partial charge in [0.2, 0.25) is 0 Å². The summed E-state index contributed by atoms with van der Waals surface area (Å²) < 4.78 is 0. The van der Waals surface area contributed by atoms with Crippen LogP contribution in [0.3, 0.4) is 0 Å². The van der Waals surface area contributed by atoms with Crippen LogP contribution in [0, 0.1) is 0 Å². The molecule has 0 saturated carbocycles. The van der Waals surface area contributed by atoms with Crippen LogP contribution >= 0.6 is 11.6 Å². The number of halogens is 1. The van der Waals surface area contributed by atoms with E-state index in [9.17, 15) is 0 Å². The zero-order valence-corrected chi connectivity index (χ0v) is 11.5. The van der Waals surface area contributed by atoms with Gasteiger partial charge in [0.05, 0.1) is 0 Å². The van der Waals surface area contributed by atoms with Crippen molar-refractivity contribution < 1.29 is 4.84 Å². The van der Waals surface area contributed by atoms with Crippen LogP contribution in [0.1, 0.15) is 23.6 Å². The topological polar surface area (TPSA) is 21.6 Å². The SMILES string of the molecule is CCc1cccc(CO/N=[C]\c2ccc(Cl)cc2)c1. The van der Waals surface area contributed by atoms with E-state index in [0.29, 0.717) is 11.6 Å². The molecular formula is C16H15ClNO. The predicted octanol–water partition coefficient (Wildman–Crippen LogP) is 4.33. The van der Waals surface area contributed by atoms with E-state index >= 15 is 0 Å². The Hall–Kier alpha value is -1.80. The summed E-state index contributed by atoms with van der Waals surface area (Å²) in [5.74, 6) is 0. The van der Waals surface area contributed by atoms with Crippen molar-refractivity contribution in [3.63, 3.8) is 0 Å². The van der Waals surface area contributed by atoms with E-state index in [1.54, 1.807) is 12.1 Å². The van der Waals surface area contributed by atoms with Crippen molar-refractivity contribution in [3.05, 3.63) is 70.2 Å². The molecule has 0 fully saturated rings. The van der Waals surface area contributed by atoms with Gasteiger partial charge in [-0.1, -0.05) is 60.1 Å². The van der Waals surface area contributed by atoms with E-state index < -0.39 is 0 Å². The van der Waals surface area contributed by atoms with Gasteiger partial charge in [-0.2, -0.15) is 0 Å². The highest BCUT2D eigenvalue weighted by Gasteiger charge is 1.95. The summed E-state index contributed by atoms with van der Waals surface area (Å²) in [7, 11) is 0. The first-order valence-corrected chi connectivity index (χ1v) is 6.57. The van der Waals surface area contributed by atoms with Crippen molar-refractivity contribution >= 4 is 17.8 Å². The normalized spacial score (nSPS) is 10.8. The van der Waals surface area contributed by atoms with Gasteiger partial charge in [-0.05, 0) is 29.7 Å². The molecule has 0 bridgehead atoms. The molecule has 0 amide bonds. The highest BCUT2D eigenvalue weighted by atomic mass is 35.5. The molecule has 0 aliphatic rings. The van der Waals surface area contributed by atoms with Crippen molar-refractivity contribution in [1.82, 2.24) is 0 Å². The van der Waals surface area contributed by atoms with Crippen LogP contribution in [0.2, 0.25) is 5.02 Å². The molecule has 0 N–H and O–H groups in total. The first kappa shape index (κ1) is 13.6. The van der Waals surface area contributed by atoms with Gasteiger partial charge in [0, 0.05) is 10.6 Å². The summed E-state index contributed by atoms with van der Waals surface area (Å²) in [5, 5.41) is 4.53. The molecule has 0 unspecified atom stereocenters. The third-order valence-corrected chi connectivity index (χ3v) is 2.97. The molecule has 0 aliphatic carbocycles. The van der Waals surface area contributed by atoms with Gasteiger partial charge in [0.15, 0.2) is 0 Å². The summed E-state index contributed by atoms with van der Waals surface area (Å²) in [5.41, 5.74) is 3.25. The fourth-order valence-electron chi connectivity index (χ4n) is 1.66.